The number of nitro groups is 1. The molecule has 0 saturated heterocycles. The number of nitrogens with zero attached hydrogens (tertiary/aromatic N) is 2. The molecular weight excluding hydrogens is 396 g/mol. The minimum Gasteiger partial charge on any atom is -0.347 e. The van der Waals surface area contributed by atoms with Crippen LogP contribution in [0, 0.1) is 10.1 Å². The highest BCUT2D eigenvalue weighted by Crippen LogP contribution is 2.15. The van der Waals surface area contributed by atoms with Gasteiger partial charge in [-0.15, -0.1) is 0 Å². The number of carbonyl (C=O) groups is 2. The lowest BCUT2D eigenvalue weighted by molar-refractivity contribution is -0.385. The Balaban J connectivity index is 2.06. The summed E-state index contributed by atoms with van der Waals surface area (Å²) in [5.74, 6) is -0.643. The maximum Gasteiger partial charge on any atom is 0.278 e. The van der Waals surface area contributed by atoms with E-state index in [9.17, 15) is 19.7 Å². The van der Waals surface area contributed by atoms with Crippen LogP contribution >= 0.6 is 0 Å². The fourth-order valence-electron chi connectivity index (χ4n) is 3.19. The second-order valence-corrected chi connectivity index (χ2v) is 7.67. The number of hydrazone groups is 1. The van der Waals surface area contributed by atoms with E-state index >= 15 is 0 Å². The first-order valence-corrected chi connectivity index (χ1v) is 11.4. The van der Waals surface area contributed by atoms with Gasteiger partial charge in [0.25, 0.3) is 11.6 Å². The van der Waals surface area contributed by atoms with E-state index in [-0.39, 0.29) is 23.7 Å². The first-order valence-electron chi connectivity index (χ1n) is 11.4. The molecule has 0 spiro atoms. The Kier molecular flexibility index (Phi) is 14.4. The zero-order valence-electron chi connectivity index (χ0n) is 18.6. The highest BCUT2D eigenvalue weighted by Gasteiger charge is 2.10. The monoisotopic (exact) mass is 432 g/mol. The third kappa shape index (κ3) is 13.2. The molecule has 31 heavy (non-hydrogen) atoms. The van der Waals surface area contributed by atoms with E-state index in [1.54, 1.807) is 12.1 Å². The number of hydrogen-bond acceptors (Lipinski definition) is 5. The Bertz CT molecular complexity index is 707. The largest absolute Gasteiger partial charge is 0.347 e. The smallest absolute Gasteiger partial charge is 0.278 e. The van der Waals surface area contributed by atoms with Gasteiger partial charge >= 0.3 is 0 Å². The summed E-state index contributed by atoms with van der Waals surface area (Å²) >= 11 is 0. The van der Waals surface area contributed by atoms with Crippen molar-refractivity contribution >= 4 is 23.7 Å². The average Bonchev–Trinajstić information content (AvgIpc) is 2.76. The molecular formula is C23H36N4O4. The predicted octanol–water partition coefficient (Wildman–Crippen LogP) is 4.86. The summed E-state index contributed by atoms with van der Waals surface area (Å²) in [6.07, 6.45) is 15.1. The molecule has 0 aliphatic heterocycles. The number of unbranched alkanes of at least 4 members (excludes halogenated alkanes) is 10. The molecule has 0 heterocycles. The molecule has 2 amide bonds. The summed E-state index contributed by atoms with van der Waals surface area (Å²) in [7, 11) is 0. The van der Waals surface area contributed by atoms with Crippen LogP contribution in [0.25, 0.3) is 0 Å². The molecule has 8 nitrogen and oxygen atoms in total. The van der Waals surface area contributed by atoms with E-state index in [0.717, 1.165) is 19.3 Å². The summed E-state index contributed by atoms with van der Waals surface area (Å²) in [6.45, 7) is 2.05. The van der Waals surface area contributed by atoms with E-state index in [4.69, 9.17) is 0 Å². The van der Waals surface area contributed by atoms with Crippen molar-refractivity contribution in [3.05, 3.63) is 39.9 Å². The topological polar surface area (TPSA) is 114 Å². The van der Waals surface area contributed by atoms with Crippen molar-refractivity contribution in [2.75, 3.05) is 6.54 Å². The van der Waals surface area contributed by atoms with Crippen LogP contribution in [-0.4, -0.2) is 29.5 Å². The van der Waals surface area contributed by atoms with Crippen molar-refractivity contribution in [1.29, 1.82) is 0 Å². The standard InChI is InChI=1S/C23H36N4O4/c1-2-3-4-5-6-7-8-9-10-11-12-17-22(28)24-19-23(29)26-25-18-20-15-13-14-16-21(20)27(30)31/h13-16,18H,2-12,17,19H2,1H3,(H,24,28)(H,26,29)/b25-18+. The number of amides is 2. The molecule has 172 valence electrons. The second kappa shape index (κ2) is 17.0. The van der Waals surface area contributed by atoms with Crippen molar-refractivity contribution in [3.63, 3.8) is 0 Å². The van der Waals surface area contributed by atoms with E-state index in [1.807, 2.05) is 0 Å². The second-order valence-electron chi connectivity index (χ2n) is 7.67. The fraction of sp³-hybridized carbons (Fsp3) is 0.609. The molecule has 1 aromatic rings. The average molecular weight is 433 g/mol. The summed E-state index contributed by atoms with van der Waals surface area (Å²) < 4.78 is 0. The fourth-order valence-corrected chi connectivity index (χ4v) is 3.19. The molecule has 0 unspecified atom stereocenters. The van der Waals surface area contributed by atoms with Gasteiger partial charge in [-0.1, -0.05) is 83.3 Å². The van der Waals surface area contributed by atoms with E-state index in [2.05, 4.69) is 22.8 Å². The zero-order chi connectivity index (χ0) is 22.7. The quantitative estimate of drug-likeness (QED) is 0.158. The summed E-state index contributed by atoms with van der Waals surface area (Å²) in [5.41, 5.74) is 2.45. The van der Waals surface area contributed by atoms with Crippen LogP contribution in [0.4, 0.5) is 5.69 Å². The Labute approximate surface area is 185 Å². The van der Waals surface area contributed by atoms with Gasteiger partial charge in [0.05, 0.1) is 23.2 Å². The lowest BCUT2D eigenvalue weighted by Gasteiger charge is -2.05. The van der Waals surface area contributed by atoms with Crippen molar-refractivity contribution in [1.82, 2.24) is 10.7 Å². The van der Waals surface area contributed by atoms with E-state index in [0.29, 0.717) is 6.42 Å². The van der Waals surface area contributed by atoms with E-state index < -0.39 is 10.8 Å². The van der Waals surface area contributed by atoms with Gasteiger partial charge < -0.3 is 5.32 Å². The molecule has 0 aliphatic rings. The van der Waals surface area contributed by atoms with Gasteiger partial charge in [-0.25, -0.2) is 5.43 Å². The Morgan fingerprint density at radius 1 is 0.935 bits per heavy atom. The number of para-hydroxylation sites is 1. The molecule has 0 radical (unpaired) electrons. The molecule has 1 aromatic carbocycles. The summed E-state index contributed by atoms with van der Waals surface area (Å²) in [5, 5.41) is 17.2. The number of nitrogens with one attached hydrogen (secondary N) is 2. The van der Waals surface area contributed by atoms with Gasteiger partial charge in [0.2, 0.25) is 5.91 Å². The molecule has 0 bridgehead atoms. The van der Waals surface area contributed by atoms with Gasteiger partial charge in [0.1, 0.15) is 0 Å². The number of hydrogen-bond donors (Lipinski definition) is 2. The lowest BCUT2D eigenvalue weighted by Crippen LogP contribution is -2.34. The first kappa shape index (κ1) is 26.3. The molecule has 0 aromatic heterocycles. The third-order valence-corrected chi connectivity index (χ3v) is 4.98. The first-order chi connectivity index (χ1) is 15.0. The third-order valence-electron chi connectivity index (χ3n) is 4.98. The minimum absolute atomic E-state index is 0.0965. The van der Waals surface area contributed by atoms with Gasteiger partial charge in [-0.2, -0.15) is 5.10 Å². The van der Waals surface area contributed by atoms with Gasteiger partial charge in [0.15, 0.2) is 0 Å². The van der Waals surface area contributed by atoms with Crippen LogP contribution < -0.4 is 10.7 Å². The highest BCUT2D eigenvalue weighted by molar-refractivity contribution is 5.88. The van der Waals surface area contributed by atoms with Gasteiger partial charge in [0, 0.05) is 12.5 Å². The Hall–Kier alpha value is -2.77. The number of nitro benzene ring substituents is 1. The minimum atomic E-state index is -0.516. The molecule has 0 saturated carbocycles. The van der Waals surface area contributed by atoms with Crippen molar-refractivity contribution in [2.24, 2.45) is 5.10 Å². The zero-order valence-corrected chi connectivity index (χ0v) is 18.6. The Morgan fingerprint density at radius 2 is 1.52 bits per heavy atom. The predicted molar refractivity (Wildman–Crippen MR) is 123 cm³/mol. The van der Waals surface area contributed by atoms with Crippen LogP contribution in [0.5, 0.6) is 0 Å². The molecule has 0 fully saturated rings. The molecule has 8 heteroatoms. The van der Waals surface area contributed by atoms with Crippen LogP contribution in [0.1, 0.15) is 89.5 Å². The maximum absolute atomic E-state index is 11.8. The molecule has 2 N–H and O–H groups in total. The SMILES string of the molecule is CCCCCCCCCCCCCC(=O)NCC(=O)N/N=C/c1ccccc1[N+](=O)[O-]. The normalized spacial score (nSPS) is 10.9. The maximum atomic E-state index is 11.8. The van der Waals surface area contributed by atoms with Gasteiger partial charge in [-0.05, 0) is 12.5 Å². The molecule has 0 atom stereocenters. The lowest BCUT2D eigenvalue weighted by atomic mass is 10.1. The Morgan fingerprint density at radius 3 is 2.13 bits per heavy atom. The molecule has 1 rings (SSSR count). The van der Waals surface area contributed by atoms with Crippen LogP contribution in [0.2, 0.25) is 0 Å². The number of rotatable bonds is 17. The summed E-state index contributed by atoms with van der Waals surface area (Å²) in [6, 6.07) is 6.09. The van der Waals surface area contributed by atoms with Crippen LogP contribution in [0.3, 0.4) is 0 Å². The van der Waals surface area contributed by atoms with Gasteiger partial charge in [-0.3, -0.25) is 19.7 Å². The highest BCUT2D eigenvalue weighted by atomic mass is 16.6. The van der Waals surface area contributed by atoms with Crippen molar-refractivity contribution in [3.8, 4) is 0 Å². The molecule has 0 aliphatic carbocycles. The van der Waals surface area contributed by atoms with Crippen molar-refractivity contribution in [2.45, 2.75) is 84.0 Å². The summed E-state index contributed by atoms with van der Waals surface area (Å²) in [4.78, 5) is 34.0. The number of benzene rings is 1. The van der Waals surface area contributed by atoms with Crippen molar-refractivity contribution < 1.29 is 14.5 Å². The number of carbonyl (C=O) groups excluding carboxylic acids is 2. The van der Waals surface area contributed by atoms with Crippen LogP contribution in [0.15, 0.2) is 29.4 Å². The van der Waals surface area contributed by atoms with E-state index in [1.165, 1.54) is 69.7 Å². The van der Waals surface area contributed by atoms with Crippen LogP contribution in [-0.2, 0) is 9.59 Å².